The van der Waals surface area contributed by atoms with Gasteiger partial charge < -0.3 is 14.6 Å². The van der Waals surface area contributed by atoms with Crippen LogP contribution in [-0.2, 0) is 17.7 Å². The quantitative estimate of drug-likeness (QED) is 0.792. The second-order valence-corrected chi connectivity index (χ2v) is 5.48. The number of hydrogen-bond donors (Lipinski definition) is 1. The van der Waals surface area contributed by atoms with E-state index in [9.17, 15) is 0 Å². The minimum Gasteiger partial charge on any atom is -0.383 e. The van der Waals surface area contributed by atoms with Crippen LogP contribution in [0.5, 0.6) is 0 Å². The summed E-state index contributed by atoms with van der Waals surface area (Å²) in [5.74, 6) is 0.921. The first kappa shape index (κ1) is 14.1. The molecule has 0 aliphatic heterocycles. The topological polar surface area (TPSA) is 39.1 Å². The molecule has 2 heterocycles. The van der Waals surface area contributed by atoms with Gasteiger partial charge in [0.2, 0.25) is 5.95 Å². The fourth-order valence-corrected chi connectivity index (χ4v) is 3.02. The number of aromatic nitrogens is 2. The lowest BCUT2D eigenvalue weighted by molar-refractivity contribution is 0.210. The number of ether oxygens (including phenoxy) is 1. The third kappa shape index (κ3) is 3.58. The van der Waals surface area contributed by atoms with E-state index in [0.717, 1.165) is 31.2 Å². The molecular weight excluding hydrogens is 258 g/mol. The van der Waals surface area contributed by atoms with E-state index < -0.39 is 0 Å². The number of nitrogens with zero attached hydrogens (tertiary/aromatic N) is 2. The average Bonchev–Trinajstić information content (AvgIpc) is 2.97. The smallest absolute Gasteiger partial charge is 0.203 e. The Morgan fingerprint density at radius 1 is 1.47 bits per heavy atom. The molecule has 0 bridgehead atoms. The first-order valence-electron chi connectivity index (χ1n) is 6.56. The van der Waals surface area contributed by atoms with E-state index in [1.165, 1.54) is 10.4 Å². The lowest BCUT2D eigenvalue weighted by atomic mass is 10.2. The van der Waals surface area contributed by atoms with Gasteiger partial charge in [0.05, 0.1) is 18.8 Å². The summed E-state index contributed by atoms with van der Waals surface area (Å²) < 4.78 is 7.23. The van der Waals surface area contributed by atoms with E-state index in [2.05, 4.69) is 39.4 Å². The van der Waals surface area contributed by atoms with Gasteiger partial charge in [-0.05, 0) is 30.4 Å². The molecule has 0 amide bonds. The largest absolute Gasteiger partial charge is 0.383 e. The summed E-state index contributed by atoms with van der Waals surface area (Å²) in [6, 6.07) is 2.21. The first-order chi connectivity index (χ1) is 9.24. The van der Waals surface area contributed by atoms with Gasteiger partial charge in [-0.2, -0.15) is 0 Å². The Hall–Kier alpha value is -1.33. The van der Waals surface area contributed by atoms with Crippen LogP contribution in [-0.4, -0.2) is 29.8 Å². The summed E-state index contributed by atoms with van der Waals surface area (Å²) >= 11 is 1.81. The van der Waals surface area contributed by atoms with Crippen molar-refractivity contribution >= 4 is 17.3 Å². The molecule has 0 aromatic carbocycles. The minimum atomic E-state index is 0.686. The predicted molar refractivity (Wildman–Crippen MR) is 80.1 cm³/mol. The van der Waals surface area contributed by atoms with Crippen LogP contribution in [0, 0.1) is 6.92 Å². The van der Waals surface area contributed by atoms with Gasteiger partial charge in [0.25, 0.3) is 0 Å². The summed E-state index contributed by atoms with van der Waals surface area (Å²) in [5, 5.41) is 5.48. The van der Waals surface area contributed by atoms with Gasteiger partial charge >= 0.3 is 0 Å². The summed E-state index contributed by atoms with van der Waals surface area (Å²) in [6.07, 6.45) is 3.17. The highest BCUT2D eigenvalue weighted by Gasteiger charge is 2.08. The van der Waals surface area contributed by atoms with Crippen LogP contribution in [0.2, 0.25) is 0 Å². The van der Waals surface area contributed by atoms with E-state index in [0.29, 0.717) is 6.61 Å². The molecule has 0 fully saturated rings. The van der Waals surface area contributed by atoms with Crippen molar-refractivity contribution < 1.29 is 4.74 Å². The number of aryl methyl sites for hydroxylation is 2. The van der Waals surface area contributed by atoms with Gasteiger partial charge in [-0.25, -0.2) is 4.98 Å². The van der Waals surface area contributed by atoms with E-state index in [1.54, 1.807) is 7.11 Å². The van der Waals surface area contributed by atoms with E-state index in [1.807, 2.05) is 18.3 Å². The van der Waals surface area contributed by atoms with Crippen molar-refractivity contribution in [3.63, 3.8) is 0 Å². The predicted octanol–water partition coefficient (Wildman–Crippen LogP) is 2.92. The van der Waals surface area contributed by atoms with Gasteiger partial charge in [0.15, 0.2) is 0 Å². The number of thiophene rings is 1. The zero-order valence-electron chi connectivity index (χ0n) is 11.8. The van der Waals surface area contributed by atoms with Crippen LogP contribution in [0.1, 0.15) is 23.1 Å². The maximum absolute atomic E-state index is 5.06. The van der Waals surface area contributed by atoms with Crippen LogP contribution in [0.4, 0.5) is 5.95 Å². The Bertz CT molecular complexity index is 518. The lowest BCUT2D eigenvalue weighted by Gasteiger charge is -2.09. The van der Waals surface area contributed by atoms with Crippen molar-refractivity contribution in [1.82, 2.24) is 9.55 Å². The molecule has 2 aromatic rings. The van der Waals surface area contributed by atoms with Crippen molar-refractivity contribution in [3.05, 3.63) is 33.8 Å². The highest BCUT2D eigenvalue weighted by Crippen LogP contribution is 2.20. The Labute approximate surface area is 118 Å². The molecule has 4 nitrogen and oxygen atoms in total. The maximum atomic E-state index is 5.06. The minimum absolute atomic E-state index is 0.686. The Kier molecular flexibility index (Phi) is 4.99. The van der Waals surface area contributed by atoms with Crippen molar-refractivity contribution in [2.45, 2.75) is 26.8 Å². The van der Waals surface area contributed by atoms with Crippen LogP contribution < -0.4 is 5.32 Å². The Balaban J connectivity index is 2.11. The molecule has 0 unspecified atom stereocenters. The van der Waals surface area contributed by atoms with Crippen LogP contribution in [0.15, 0.2) is 17.6 Å². The van der Waals surface area contributed by atoms with Gasteiger partial charge in [0, 0.05) is 24.7 Å². The Morgan fingerprint density at radius 3 is 3.05 bits per heavy atom. The molecule has 0 radical (unpaired) electrons. The lowest BCUT2D eigenvalue weighted by Crippen LogP contribution is -2.12. The maximum Gasteiger partial charge on any atom is 0.203 e. The Morgan fingerprint density at radius 2 is 2.32 bits per heavy atom. The first-order valence-corrected chi connectivity index (χ1v) is 7.44. The van der Waals surface area contributed by atoms with Gasteiger partial charge in [-0.1, -0.05) is 6.92 Å². The molecule has 2 rings (SSSR count). The molecular formula is C14H21N3OS. The summed E-state index contributed by atoms with van der Waals surface area (Å²) in [4.78, 5) is 5.93. The number of methoxy groups -OCH3 is 1. The fraction of sp³-hybridized carbons (Fsp3) is 0.500. The molecule has 0 saturated heterocycles. The molecule has 0 aliphatic rings. The molecule has 19 heavy (non-hydrogen) atoms. The summed E-state index contributed by atoms with van der Waals surface area (Å²) in [7, 11) is 1.71. The monoisotopic (exact) mass is 279 g/mol. The second-order valence-electron chi connectivity index (χ2n) is 4.48. The SMILES string of the molecule is CCc1ccsc1Cn1cc(C)nc1NCCOC. The zero-order chi connectivity index (χ0) is 13.7. The molecule has 2 aromatic heterocycles. The van der Waals surface area contributed by atoms with Crippen LogP contribution >= 0.6 is 11.3 Å². The van der Waals surface area contributed by atoms with Gasteiger partial charge in [-0.3, -0.25) is 0 Å². The highest BCUT2D eigenvalue weighted by molar-refractivity contribution is 7.10. The summed E-state index contributed by atoms with van der Waals surface area (Å²) in [5.41, 5.74) is 2.47. The van der Waals surface area contributed by atoms with Crippen LogP contribution in [0.3, 0.4) is 0 Å². The fourth-order valence-electron chi connectivity index (χ4n) is 2.05. The van der Waals surface area contributed by atoms with Crippen LogP contribution in [0.25, 0.3) is 0 Å². The van der Waals surface area contributed by atoms with Crippen molar-refractivity contribution in [2.75, 3.05) is 25.6 Å². The van der Waals surface area contributed by atoms with Crippen molar-refractivity contribution in [1.29, 1.82) is 0 Å². The van der Waals surface area contributed by atoms with Gasteiger partial charge in [-0.15, -0.1) is 11.3 Å². The van der Waals surface area contributed by atoms with E-state index >= 15 is 0 Å². The molecule has 0 saturated carbocycles. The number of anilines is 1. The third-order valence-corrected chi connectivity index (χ3v) is 3.97. The average molecular weight is 279 g/mol. The van der Waals surface area contributed by atoms with Crippen molar-refractivity contribution in [2.24, 2.45) is 0 Å². The molecule has 0 atom stereocenters. The number of rotatable bonds is 7. The second kappa shape index (κ2) is 6.73. The highest BCUT2D eigenvalue weighted by atomic mass is 32.1. The number of nitrogens with one attached hydrogen (secondary N) is 1. The summed E-state index contributed by atoms with van der Waals surface area (Å²) in [6.45, 7) is 6.57. The normalized spacial score (nSPS) is 10.9. The zero-order valence-corrected chi connectivity index (χ0v) is 12.6. The molecule has 104 valence electrons. The molecule has 5 heteroatoms. The number of hydrogen-bond acceptors (Lipinski definition) is 4. The van der Waals surface area contributed by atoms with Crippen molar-refractivity contribution in [3.8, 4) is 0 Å². The molecule has 0 aliphatic carbocycles. The standard InChI is InChI=1S/C14H21N3OS/c1-4-12-5-8-19-13(12)10-17-9-11(2)16-14(17)15-6-7-18-3/h5,8-9H,4,6-7,10H2,1-3H3,(H,15,16). The van der Waals surface area contributed by atoms with E-state index in [-0.39, 0.29) is 0 Å². The molecule has 1 N–H and O–H groups in total. The molecule has 0 spiro atoms. The van der Waals surface area contributed by atoms with E-state index in [4.69, 9.17) is 4.74 Å². The van der Waals surface area contributed by atoms with Gasteiger partial charge in [0.1, 0.15) is 0 Å². The third-order valence-electron chi connectivity index (χ3n) is 3.02. The number of imidazole rings is 1.